The minimum atomic E-state index is 0. The molecular formula is C47H64W4Y4-8. The van der Waals surface area contributed by atoms with Crippen LogP contribution in [0.4, 0.5) is 0 Å². The third-order valence-electron chi connectivity index (χ3n) is 12.5. The van der Waals surface area contributed by atoms with Crippen molar-refractivity contribution in [3.8, 4) is 0 Å². The van der Waals surface area contributed by atoms with E-state index in [1.807, 2.05) is 36.4 Å². The molecule has 4 atom stereocenters. The number of hydrogen-bond donors (Lipinski definition) is 0. The van der Waals surface area contributed by atoms with Gasteiger partial charge in [0, 0.05) is 221 Å². The predicted octanol–water partition coefficient (Wildman–Crippen LogP) is 12.9. The zero-order valence-corrected chi connectivity index (χ0v) is 58.2. The van der Waals surface area contributed by atoms with Crippen LogP contribution in [-0.4, -0.2) is 0 Å². The average molecular weight is 1720 g/mol. The summed E-state index contributed by atoms with van der Waals surface area (Å²) in [5.41, 5.74) is 6.58. The fourth-order valence-electron chi connectivity index (χ4n) is 11.5. The van der Waals surface area contributed by atoms with Gasteiger partial charge in [0.05, 0.1) is 0 Å². The molecule has 0 aliphatic heterocycles. The SMILES string of the molecule is CC12CC3(c4ccccc4)CC4C1CC1(c5ccccc5)CC2C(C3)C4(c2ccccc2)C1.[CH3-].[CH3-].[CH3-].[CH3-].[CH3-].[CH3-].[CH3-].[CH3-].[W].[W].[W].[W].[Y].[Y].[Y].[Y].c1ccccc1. The molecule has 0 spiro atoms. The molecule has 4 radical (unpaired) electrons. The zero-order chi connectivity index (χ0) is 26.1. The van der Waals surface area contributed by atoms with E-state index in [-0.39, 0.29) is 275 Å². The monoisotopic (exact) mass is 1720 g/mol. The molecule has 7 aliphatic carbocycles. The van der Waals surface area contributed by atoms with Crippen LogP contribution in [0.1, 0.15) is 62.1 Å². The molecule has 0 nitrogen and oxygen atoms in total. The van der Waals surface area contributed by atoms with Gasteiger partial charge in [0.1, 0.15) is 0 Å². The fourth-order valence-corrected chi connectivity index (χ4v) is 11.5. The molecule has 0 heterocycles. The number of rotatable bonds is 3. The standard InChI is InChI=1S/C33H34.C6H6.8CH3.4W.4Y/c1-30-21-31(23-11-5-2-6-12-23)19-28-26(30)17-32(24-13-7-3-8-14-24)18-27(30)29(20-31)33(28,22-32)25-15-9-4-10-16-25;1-2-4-6-5-3-1;;;;;;;;;;;;;;;;/h2-16,26-29H,17-22H2,1H3;1-6H;8*1H3;;;;;;;;/q;;8*-1;;;;;;;;. The van der Waals surface area contributed by atoms with Crippen LogP contribution in [0, 0.1) is 88.5 Å². The Morgan fingerprint density at radius 3 is 0.891 bits per heavy atom. The van der Waals surface area contributed by atoms with Crippen molar-refractivity contribution in [1.29, 1.82) is 0 Å². The van der Waals surface area contributed by atoms with E-state index in [2.05, 4.69) is 97.9 Å². The van der Waals surface area contributed by atoms with Crippen LogP contribution < -0.4 is 0 Å². The van der Waals surface area contributed by atoms with Gasteiger partial charge in [-0.15, -0.1) is 0 Å². The van der Waals surface area contributed by atoms with Crippen molar-refractivity contribution in [2.24, 2.45) is 29.1 Å². The van der Waals surface area contributed by atoms with Crippen LogP contribution in [0.3, 0.4) is 0 Å². The summed E-state index contributed by atoms with van der Waals surface area (Å²) < 4.78 is 0. The Labute approximate surface area is 500 Å². The Kier molecular flexibility index (Phi) is 47.2. The van der Waals surface area contributed by atoms with Crippen LogP contribution in [0.2, 0.25) is 0 Å². The van der Waals surface area contributed by atoms with E-state index in [1.54, 1.807) is 16.7 Å². The maximum absolute atomic E-state index is 2.73. The third-order valence-corrected chi connectivity index (χ3v) is 12.5. The van der Waals surface area contributed by atoms with Gasteiger partial charge in [0.25, 0.3) is 0 Å². The first-order valence-electron chi connectivity index (χ1n) is 15.3. The second-order valence-electron chi connectivity index (χ2n) is 14.0. The van der Waals surface area contributed by atoms with E-state index < -0.39 is 0 Å². The first kappa shape index (κ1) is 79.4. The molecule has 8 bridgehead atoms. The Morgan fingerprint density at radius 2 is 0.582 bits per heavy atom. The summed E-state index contributed by atoms with van der Waals surface area (Å²) in [7, 11) is 0. The fraction of sp³-hybridized carbons (Fsp3) is 0.319. The zero-order valence-electron chi connectivity index (χ0n) is 35.1. The number of benzene rings is 4. The predicted molar refractivity (Wildman–Crippen MR) is 212 cm³/mol. The van der Waals surface area contributed by atoms with E-state index in [9.17, 15) is 0 Å². The molecule has 296 valence electrons. The summed E-state index contributed by atoms with van der Waals surface area (Å²) in [6, 6.07) is 47.2. The summed E-state index contributed by atoms with van der Waals surface area (Å²) in [4.78, 5) is 0. The van der Waals surface area contributed by atoms with E-state index >= 15 is 0 Å². The minimum absolute atomic E-state index is 0. The average Bonchev–Trinajstić information content (AvgIpc) is 3.02. The van der Waals surface area contributed by atoms with Gasteiger partial charge in [-0.2, -0.15) is 0 Å². The van der Waals surface area contributed by atoms with Crippen molar-refractivity contribution >= 4 is 0 Å². The molecule has 7 fully saturated rings. The molecule has 4 unspecified atom stereocenters. The Morgan fingerprint density at radius 1 is 0.345 bits per heavy atom. The molecular weight excluding hydrogens is 1660 g/mol. The van der Waals surface area contributed by atoms with Crippen LogP contribution in [0.15, 0.2) is 127 Å². The van der Waals surface area contributed by atoms with Crippen LogP contribution in [0.5, 0.6) is 0 Å². The molecule has 7 aliphatic rings. The Hall–Kier alpha value is 4.05. The smallest absolute Gasteiger partial charge is 0.00242 e. The summed E-state index contributed by atoms with van der Waals surface area (Å²) >= 11 is 0. The first-order valence-corrected chi connectivity index (χ1v) is 15.3. The largest absolute Gasteiger partial charge is 0.358 e. The summed E-state index contributed by atoms with van der Waals surface area (Å²) in [5, 5.41) is 0. The van der Waals surface area contributed by atoms with E-state index in [0.717, 1.165) is 23.7 Å². The minimum Gasteiger partial charge on any atom is -0.358 e. The second kappa shape index (κ2) is 32.7. The molecule has 7 saturated carbocycles. The molecule has 0 aromatic heterocycles. The van der Waals surface area contributed by atoms with E-state index in [1.165, 1.54) is 38.5 Å². The van der Waals surface area contributed by atoms with Gasteiger partial charge < -0.3 is 59.4 Å². The van der Waals surface area contributed by atoms with Gasteiger partial charge in [-0.1, -0.05) is 134 Å². The second-order valence-corrected chi connectivity index (χ2v) is 14.0. The van der Waals surface area contributed by atoms with Gasteiger partial charge in [-0.05, 0) is 95.1 Å². The van der Waals surface area contributed by atoms with Gasteiger partial charge in [-0.25, -0.2) is 0 Å². The van der Waals surface area contributed by atoms with Crippen molar-refractivity contribution in [2.75, 3.05) is 0 Å². The van der Waals surface area contributed by atoms with Gasteiger partial charge in [-0.3, -0.25) is 0 Å². The molecule has 55 heavy (non-hydrogen) atoms. The molecule has 8 heteroatoms. The molecule has 4 aromatic carbocycles. The van der Waals surface area contributed by atoms with Crippen molar-refractivity contribution < 1.29 is 215 Å². The van der Waals surface area contributed by atoms with E-state index in [4.69, 9.17) is 0 Å². The first-order chi connectivity index (χ1) is 19.1. The Balaban J connectivity index is -0.000000128. The van der Waals surface area contributed by atoms with Crippen molar-refractivity contribution in [3.63, 3.8) is 0 Å². The van der Waals surface area contributed by atoms with Crippen LogP contribution >= 0.6 is 0 Å². The third kappa shape index (κ3) is 13.5. The van der Waals surface area contributed by atoms with Crippen molar-refractivity contribution in [3.05, 3.63) is 203 Å². The summed E-state index contributed by atoms with van der Waals surface area (Å²) in [6.07, 6.45) is 8.43. The van der Waals surface area contributed by atoms with Crippen molar-refractivity contribution in [2.45, 2.75) is 61.7 Å². The van der Waals surface area contributed by atoms with Gasteiger partial charge in [0.15, 0.2) is 0 Å². The van der Waals surface area contributed by atoms with Crippen molar-refractivity contribution in [1.82, 2.24) is 0 Å². The van der Waals surface area contributed by atoms with Crippen LogP contribution in [0.25, 0.3) is 0 Å². The van der Waals surface area contributed by atoms with Crippen LogP contribution in [-0.2, 0) is 231 Å². The molecule has 0 amide bonds. The van der Waals surface area contributed by atoms with E-state index in [0.29, 0.717) is 21.7 Å². The quantitative estimate of drug-likeness (QED) is 0.179. The maximum Gasteiger partial charge on any atom is 0.00242 e. The Bertz CT molecular complexity index is 1430. The van der Waals surface area contributed by atoms with Gasteiger partial charge >= 0.3 is 0 Å². The molecule has 4 aromatic rings. The normalized spacial score (nSPS) is 28.5. The summed E-state index contributed by atoms with van der Waals surface area (Å²) in [6.45, 7) is 2.73. The molecule has 0 N–H and O–H groups in total. The molecule has 11 rings (SSSR count). The molecule has 0 saturated heterocycles. The summed E-state index contributed by atoms with van der Waals surface area (Å²) in [5.74, 6) is 3.37. The van der Waals surface area contributed by atoms with Gasteiger partial charge in [0.2, 0.25) is 0 Å². The topological polar surface area (TPSA) is 0 Å². The number of hydrogen-bond acceptors (Lipinski definition) is 0. The maximum atomic E-state index is 2.73.